The summed E-state index contributed by atoms with van der Waals surface area (Å²) in [5.41, 5.74) is 0.800. The van der Waals surface area contributed by atoms with Crippen molar-refractivity contribution < 1.29 is 4.92 Å². The first-order valence-electron chi connectivity index (χ1n) is 5.84. The second kappa shape index (κ2) is 5.66. The highest BCUT2D eigenvalue weighted by molar-refractivity contribution is 14.1. The van der Waals surface area contributed by atoms with Crippen LogP contribution in [-0.4, -0.2) is 11.5 Å². The molecule has 1 aliphatic carbocycles. The molecule has 0 atom stereocenters. The van der Waals surface area contributed by atoms with Crippen molar-refractivity contribution in [2.45, 2.75) is 25.7 Å². The minimum absolute atomic E-state index is 0.170. The van der Waals surface area contributed by atoms with Crippen LogP contribution >= 0.6 is 22.6 Å². The van der Waals surface area contributed by atoms with Crippen molar-refractivity contribution in [3.05, 3.63) is 31.9 Å². The lowest BCUT2D eigenvalue weighted by atomic mass is 10.2. The quantitative estimate of drug-likeness (QED) is 0.369. The zero-order chi connectivity index (χ0) is 12.3. The fourth-order valence-electron chi connectivity index (χ4n) is 1.83. The fraction of sp³-hybridized carbons (Fsp3) is 0.500. The van der Waals surface area contributed by atoms with Gasteiger partial charge >= 0.3 is 0 Å². The molecule has 0 aromatic heterocycles. The van der Waals surface area contributed by atoms with Gasteiger partial charge in [0.15, 0.2) is 0 Å². The number of rotatable bonds is 6. The molecule has 1 aliphatic rings. The Bertz CT molecular complexity index is 419. The Balaban J connectivity index is 1.91. The van der Waals surface area contributed by atoms with Gasteiger partial charge in [-0.2, -0.15) is 0 Å². The molecule has 0 spiro atoms. The summed E-state index contributed by atoms with van der Waals surface area (Å²) in [5, 5.41) is 14.0. The van der Waals surface area contributed by atoms with Crippen molar-refractivity contribution in [2.75, 3.05) is 11.9 Å². The Morgan fingerprint density at radius 3 is 2.88 bits per heavy atom. The Labute approximate surface area is 114 Å². The first-order valence-corrected chi connectivity index (χ1v) is 6.92. The van der Waals surface area contributed by atoms with Gasteiger partial charge < -0.3 is 5.32 Å². The van der Waals surface area contributed by atoms with Crippen molar-refractivity contribution >= 4 is 34.0 Å². The first kappa shape index (κ1) is 12.6. The summed E-state index contributed by atoms with van der Waals surface area (Å²) in [6.07, 6.45) is 5.06. The SMILES string of the molecule is O=[N+]([O-])c1cc(I)ccc1NCCCC1CC1. The smallest absolute Gasteiger partial charge is 0.293 e. The van der Waals surface area contributed by atoms with Crippen LogP contribution in [0.15, 0.2) is 18.2 Å². The van der Waals surface area contributed by atoms with Crippen LogP contribution in [0, 0.1) is 19.6 Å². The minimum atomic E-state index is -0.328. The topological polar surface area (TPSA) is 55.2 Å². The molecule has 0 amide bonds. The average Bonchev–Trinajstić information content (AvgIpc) is 3.09. The van der Waals surface area contributed by atoms with Crippen molar-refractivity contribution in [1.29, 1.82) is 0 Å². The van der Waals surface area contributed by atoms with Gasteiger partial charge in [-0.25, -0.2) is 0 Å². The highest BCUT2D eigenvalue weighted by Gasteiger charge is 2.20. The van der Waals surface area contributed by atoms with Gasteiger partial charge in [0.2, 0.25) is 0 Å². The Hall–Kier alpha value is -0.850. The van der Waals surface area contributed by atoms with E-state index in [9.17, 15) is 10.1 Å². The van der Waals surface area contributed by atoms with Gasteiger partial charge in [0.25, 0.3) is 5.69 Å². The van der Waals surface area contributed by atoms with Crippen molar-refractivity contribution in [3.8, 4) is 0 Å². The number of benzene rings is 1. The second-order valence-corrected chi connectivity index (χ2v) is 5.68. The van der Waals surface area contributed by atoms with E-state index >= 15 is 0 Å². The zero-order valence-electron chi connectivity index (χ0n) is 9.49. The average molecular weight is 346 g/mol. The van der Waals surface area contributed by atoms with E-state index < -0.39 is 0 Å². The highest BCUT2D eigenvalue weighted by Crippen LogP contribution is 2.33. The molecule has 1 fully saturated rings. The molecule has 0 aliphatic heterocycles. The molecule has 0 unspecified atom stereocenters. The summed E-state index contributed by atoms with van der Waals surface area (Å²) in [4.78, 5) is 10.6. The molecule has 92 valence electrons. The molecule has 0 radical (unpaired) electrons. The maximum Gasteiger partial charge on any atom is 0.293 e. The molecule has 1 N–H and O–H groups in total. The molecule has 1 saturated carbocycles. The van der Waals surface area contributed by atoms with Gasteiger partial charge in [-0.05, 0) is 53.5 Å². The number of halogens is 1. The predicted molar refractivity (Wildman–Crippen MR) is 76.3 cm³/mol. The highest BCUT2D eigenvalue weighted by atomic mass is 127. The third-order valence-corrected chi connectivity index (χ3v) is 3.63. The van der Waals surface area contributed by atoms with Crippen LogP contribution in [0.25, 0.3) is 0 Å². The summed E-state index contributed by atoms with van der Waals surface area (Å²) >= 11 is 2.09. The maximum absolute atomic E-state index is 10.9. The van der Waals surface area contributed by atoms with Gasteiger partial charge in [-0.3, -0.25) is 10.1 Å². The minimum Gasteiger partial charge on any atom is -0.379 e. The van der Waals surface area contributed by atoms with E-state index in [-0.39, 0.29) is 10.6 Å². The third-order valence-electron chi connectivity index (χ3n) is 2.96. The molecule has 1 aromatic carbocycles. The van der Waals surface area contributed by atoms with Crippen molar-refractivity contribution in [1.82, 2.24) is 0 Å². The van der Waals surface area contributed by atoms with E-state index in [1.54, 1.807) is 12.1 Å². The summed E-state index contributed by atoms with van der Waals surface area (Å²) in [6.45, 7) is 0.817. The molecular weight excluding hydrogens is 331 g/mol. The molecule has 0 saturated heterocycles. The van der Waals surface area contributed by atoms with Crippen LogP contribution in [0.1, 0.15) is 25.7 Å². The van der Waals surface area contributed by atoms with E-state index in [1.165, 1.54) is 19.3 Å². The number of hydrogen-bond acceptors (Lipinski definition) is 3. The first-order chi connectivity index (χ1) is 8.16. The Morgan fingerprint density at radius 2 is 2.24 bits per heavy atom. The van der Waals surface area contributed by atoms with E-state index in [1.807, 2.05) is 6.07 Å². The summed E-state index contributed by atoms with van der Waals surface area (Å²) in [5.74, 6) is 0.920. The molecule has 0 heterocycles. The number of nitro groups is 1. The lowest BCUT2D eigenvalue weighted by Crippen LogP contribution is -2.04. The normalized spacial score (nSPS) is 14.6. The number of hydrogen-bond donors (Lipinski definition) is 1. The summed E-state index contributed by atoms with van der Waals surface area (Å²) in [6, 6.07) is 5.28. The van der Waals surface area contributed by atoms with Gasteiger partial charge in [0, 0.05) is 16.2 Å². The van der Waals surface area contributed by atoms with E-state index in [2.05, 4.69) is 27.9 Å². The maximum atomic E-state index is 10.9. The van der Waals surface area contributed by atoms with Gasteiger partial charge in [-0.1, -0.05) is 12.8 Å². The zero-order valence-corrected chi connectivity index (χ0v) is 11.6. The third kappa shape index (κ3) is 3.83. The van der Waals surface area contributed by atoms with E-state index in [0.29, 0.717) is 5.69 Å². The molecule has 0 bridgehead atoms. The summed E-state index contributed by atoms with van der Waals surface area (Å²) in [7, 11) is 0. The number of nitro benzene ring substituents is 1. The van der Waals surface area contributed by atoms with Crippen LogP contribution in [0.2, 0.25) is 0 Å². The van der Waals surface area contributed by atoms with E-state index in [0.717, 1.165) is 22.5 Å². The van der Waals surface area contributed by atoms with Crippen LogP contribution in [0.4, 0.5) is 11.4 Å². The van der Waals surface area contributed by atoms with Crippen LogP contribution in [0.3, 0.4) is 0 Å². The lowest BCUT2D eigenvalue weighted by Gasteiger charge is -2.07. The van der Waals surface area contributed by atoms with Crippen LogP contribution in [-0.2, 0) is 0 Å². The van der Waals surface area contributed by atoms with Gasteiger partial charge in [0.05, 0.1) is 4.92 Å². The number of anilines is 1. The molecule has 4 nitrogen and oxygen atoms in total. The predicted octanol–water partition coefficient (Wildman–Crippen LogP) is 3.80. The monoisotopic (exact) mass is 346 g/mol. The molecule has 1 aromatic rings. The van der Waals surface area contributed by atoms with Crippen LogP contribution in [0.5, 0.6) is 0 Å². The Morgan fingerprint density at radius 1 is 1.47 bits per heavy atom. The fourth-order valence-corrected chi connectivity index (χ4v) is 2.30. The standard InChI is InChI=1S/C12H15IN2O2/c13-10-5-6-11(12(8-10)15(16)17)14-7-1-2-9-3-4-9/h5-6,8-9,14H,1-4,7H2. The van der Waals surface area contributed by atoms with Crippen molar-refractivity contribution in [2.24, 2.45) is 5.92 Å². The molecular formula is C12H15IN2O2. The largest absolute Gasteiger partial charge is 0.379 e. The van der Waals surface area contributed by atoms with E-state index in [4.69, 9.17) is 0 Å². The molecule has 5 heteroatoms. The summed E-state index contributed by atoms with van der Waals surface area (Å²) < 4.78 is 0.887. The van der Waals surface area contributed by atoms with Gasteiger partial charge in [-0.15, -0.1) is 0 Å². The number of nitrogens with one attached hydrogen (secondary N) is 1. The molecule has 2 rings (SSSR count). The van der Waals surface area contributed by atoms with Crippen LogP contribution < -0.4 is 5.32 Å². The second-order valence-electron chi connectivity index (χ2n) is 4.43. The molecule has 17 heavy (non-hydrogen) atoms. The Kier molecular flexibility index (Phi) is 4.20. The lowest BCUT2D eigenvalue weighted by molar-refractivity contribution is -0.384. The van der Waals surface area contributed by atoms with Gasteiger partial charge in [0.1, 0.15) is 5.69 Å². The number of nitrogens with zero attached hydrogens (tertiary/aromatic N) is 1. The van der Waals surface area contributed by atoms with Crippen molar-refractivity contribution in [3.63, 3.8) is 0 Å².